The number of carbonyl (C=O) groups excluding carboxylic acids is 1. The molecule has 3 heterocycles. The van der Waals surface area contributed by atoms with Crippen LogP contribution >= 0.6 is 0 Å². The molecule has 1 atom stereocenters. The summed E-state index contributed by atoms with van der Waals surface area (Å²) in [6, 6.07) is 1.95. The highest BCUT2D eigenvalue weighted by atomic mass is 16.2. The number of aromatic amines is 1. The van der Waals surface area contributed by atoms with Gasteiger partial charge in [-0.25, -0.2) is 4.79 Å². The molecule has 1 N–H and O–H groups in total. The van der Waals surface area contributed by atoms with E-state index in [2.05, 4.69) is 10.2 Å². The van der Waals surface area contributed by atoms with Crippen molar-refractivity contribution in [3.8, 4) is 6.07 Å². The Morgan fingerprint density at radius 1 is 1.32 bits per heavy atom. The van der Waals surface area contributed by atoms with Crippen LogP contribution in [0.3, 0.4) is 0 Å². The van der Waals surface area contributed by atoms with Crippen molar-refractivity contribution in [2.24, 2.45) is 14.1 Å². The van der Waals surface area contributed by atoms with Crippen LogP contribution in [0.5, 0.6) is 0 Å². The standard InChI is InChI=1S/C18H23N7O3/c1-22(2)16(26)13-9-20-21-14(13)11-6-5-7-25(10-11)15-12(8-19)17(27)24(4)18(28)23(15)3/h9,11H,5-7,10H2,1-4H3,(H,20,21)/t11-/m1/s1. The minimum Gasteiger partial charge on any atom is -0.356 e. The molecule has 10 heteroatoms. The second-order valence-electron chi connectivity index (χ2n) is 7.20. The Labute approximate surface area is 161 Å². The zero-order chi connectivity index (χ0) is 20.6. The average Bonchev–Trinajstić information content (AvgIpc) is 3.18. The lowest BCUT2D eigenvalue weighted by Gasteiger charge is -2.35. The van der Waals surface area contributed by atoms with E-state index in [1.165, 1.54) is 22.7 Å². The Bertz CT molecular complexity index is 1070. The summed E-state index contributed by atoms with van der Waals surface area (Å²) >= 11 is 0. The Hall–Kier alpha value is -3.35. The van der Waals surface area contributed by atoms with Crippen LogP contribution in [0.2, 0.25) is 0 Å². The molecule has 148 valence electrons. The number of hydrogen-bond acceptors (Lipinski definition) is 6. The minimum absolute atomic E-state index is 0.0409. The van der Waals surface area contributed by atoms with Gasteiger partial charge in [-0.2, -0.15) is 10.4 Å². The van der Waals surface area contributed by atoms with Gasteiger partial charge in [0.25, 0.3) is 11.5 Å². The van der Waals surface area contributed by atoms with Crippen molar-refractivity contribution >= 4 is 11.7 Å². The van der Waals surface area contributed by atoms with Gasteiger partial charge in [0.2, 0.25) is 0 Å². The number of nitriles is 1. The largest absolute Gasteiger partial charge is 0.356 e. The molecule has 1 aliphatic rings. The predicted molar refractivity (Wildman–Crippen MR) is 102 cm³/mol. The summed E-state index contributed by atoms with van der Waals surface area (Å²) in [5, 5.41) is 16.5. The van der Waals surface area contributed by atoms with Crippen molar-refractivity contribution < 1.29 is 4.79 Å². The highest BCUT2D eigenvalue weighted by Crippen LogP contribution is 2.31. The third kappa shape index (κ3) is 3.09. The number of nitrogens with one attached hydrogen (secondary N) is 1. The van der Waals surface area contributed by atoms with Gasteiger partial charge in [-0.3, -0.25) is 23.8 Å². The summed E-state index contributed by atoms with van der Waals surface area (Å²) in [7, 11) is 6.28. The number of carbonyl (C=O) groups is 1. The number of H-pyrrole nitrogens is 1. The molecule has 2 aromatic rings. The molecule has 28 heavy (non-hydrogen) atoms. The first kappa shape index (κ1) is 19.4. The van der Waals surface area contributed by atoms with Crippen LogP contribution < -0.4 is 16.1 Å². The van der Waals surface area contributed by atoms with Gasteiger partial charge in [-0.1, -0.05) is 0 Å². The van der Waals surface area contributed by atoms with Crippen LogP contribution in [0.1, 0.15) is 40.4 Å². The average molecular weight is 385 g/mol. The molecule has 1 amide bonds. The number of nitrogens with zero attached hydrogens (tertiary/aromatic N) is 6. The molecule has 0 radical (unpaired) electrons. The molecular weight excluding hydrogens is 362 g/mol. The molecule has 2 aromatic heterocycles. The molecular formula is C18H23N7O3. The van der Waals surface area contributed by atoms with Crippen LogP contribution in [0.4, 0.5) is 5.82 Å². The first-order chi connectivity index (χ1) is 13.3. The third-order valence-electron chi connectivity index (χ3n) is 5.18. The maximum atomic E-state index is 12.4. The first-order valence-corrected chi connectivity index (χ1v) is 8.97. The monoisotopic (exact) mass is 385 g/mol. The van der Waals surface area contributed by atoms with Crippen molar-refractivity contribution in [2.45, 2.75) is 18.8 Å². The predicted octanol–water partition coefficient (Wildman–Crippen LogP) is -0.235. The number of rotatable bonds is 3. The lowest BCUT2D eigenvalue weighted by atomic mass is 9.92. The molecule has 10 nitrogen and oxygen atoms in total. The third-order valence-corrected chi connectivity index (χ3v) is 5.18. The van der Waals surface area contributed by atoms with Crippen molar-refractivity contribution in [3.05, 3.63) is 43.9 Å². The van der Waals surface area contributed by atoms with Crippen LogP contribution in [-0.4, -0.2) is 57.3 Å². The minimum atomic E-state index is -0.604. The van der Waals surface area contributed by atoms with E-state index in [1.807, 2.05) is 11.0 Å². The number of hydrogen-bond donors (Lipinski definition) is 1. The second-order valence-corrected chi connectivity index (χ2v) is 7.20. The lowest BCUT2D eigenvalue weighted by molar-refractivity contribution is 0.0826. The maximum Gasteiger partial charge on any atom is 0.332 e. The van der Waals surface area contributed by atoms with E-state index in [1.54, 1.807) is 21.1 Å². The first-order valence-electron chi connectivity index (χ1n) is 8.97. The number of anilines is 1. The van der Waals surface area contributed by atoms with Crippen LogP contribution in [0.25, 0.3) is 0 Å². The molecule has 1 saturated heterocycles. The SMILES string of the molecule is CN(C)C(=O)c1cn[nH]c1[C@@H]1CCCN(c2c(C#N)c(=O)n(C)c(=O)n2C)C1. The molecule has 0 bridgehead atoms. The van der Waals surface area contributed by atoms with Crippen molar-refractivity contribution in [3.63, 3.8) is 0 Å². The smallest absolute Gasteiger partial charge is 0.332 e. The van der Waals surface area contributed by atoms with Gasteiger partial charge < -0.3 is 9.80 Å². The summed E-state index contributed by atoms with van der Waals surface area (Å²) < 4.78 is 2.27. The van der Waals surface area contributed by atoms with Gasteiger partial charge in [0.1, 0.15) is 11.9 Å². The van der Waals surface area contributed by atoms with Gasteiger partial charge in [-0.05, 0) is 12.8 Å². The van der Waals surface area contributed by atoms with Gasteiger partial charge in [0, 0.05) is 47.2 Å². The molecule has 0 spiro atoms. The molecule has 0 unspecified atom stereocenters. The van der Waals surface area contributed by atoms with Crippen molar-refractivity contribution in [1.82, 2.24) is 24.2 Å². The molecule has 1 aliphatic heterocycles. The Morgan fingerprint density at radius 3 is 2.68 bits per heavy atom. The molecule has 0 aliphatic carbocycles. The van der Waals surface area contributed by atoms with Crippen LogP contribution in [-0.2, 0) is 14.1 Å². The highest BCUT2D eigenvalue weighted by Gasteiger charge is 2.30. The fourth-order valence-corrected chi connectivity index (χ4v) is 3.73. The number of piperidine rings is 1. The molecule has 0 saturated carbocycles. The quantitative estimate of drug-likeness (QED) is 0.779. The van der Waals surface area contributed by atoms with E-state index in [0.717, 1.165) is 23.1 Å². The van der Waals surface area contributed by atoms with Gasteiger partial charge in [0.05, 0.1) is 17.5 Å². The summed E-state index contributed by atoms with van der Waals surface area (Å²) in [6.45, 7) is 1.07. The van der Waals surface area contributed by atoms with E-state index in [0.29, 0.717) is 24.5 Å². The van der Waals surface area contributed by atoms with E-state index < -0.39 is 11.2 Å². The maximum absolute atomic E-state index is 12.4. The molecule has 3 rings (SSSR count). The summed E-state index contributed by atoms with van der Waals surface area (Å²) in [6.07, 6.45) is 3.13. The van der Waals surface area contributed by atoms with Crippen molar-refractivity contribution in [2.75, 3.05) is 32.1 Å². The summed E-state index contributed by atoms with van der Waals surface area (Å²) in [4.78, 5) is 40.6. The van der Waals surface area contributed by atoms with Gasteiger partial charge in [0.15, 0.2) is 5.56 Å². The van der Waals surface area contributed by atoms with Crippen LogP contribution in [0, 0.1) is 11.3 Å². The Balaban J connectivity index is 2.02. The van der Waals surface area contributed by atoms with Gasteiger partial charge in [-0.15, -0.1) is 0 Å². The molecule has 1 fully saturated rings. The van der Waals surface area contributed by atoms with Crippen LogP contribution in [0.15, 0.2) is 15.8 Å². The molecule has 0 aromatic carbocycles. The normalized spacial score (nSPS) is 16.7. The Morgan fingerprint density at radius 2 is 2.04 bits per heavy atom. The van der Waals surface area contributed by atoms with E-state index in [9.17, 15) is 19.6 Å². The number of amides is 1. The zero-order valence-corrected chi connectivity index (χ0v) is 16.4. The fraction of sp³-hybridized carbons (Fsp3) is 0.500. The highest BCUT2D eigenvalue weighted by molar-refractivity contribution is 5.94. The fourth-order valence-electron chi connectivity index (χ4n) is 3.73. The van der Waals surface area contributed by atoms with E-state index >= 15 is 0 Å². The lowest BCUT2D eigenvalue weighted by Crippen LogP contribution is -2.45. The second kappa shape index (κ2) is 7.34. The topological polar surface area (TPSA) is 120 Å². The van der Waals surface area contributed by atoms with Crippen molar-refractivity contribution in [1.29, 1.82) is 5.26 Å². The van der Waals surface area contributed by atoms with Gasteiger partial charge >= 0.3 is 5.69 Å². The number of aromatic nitrogens is 4. The van der Waals surface area contributed by atoms with E-state index in [4.69, 9.17) is 0 Å². The van der Waals surface area contributed by atoms with E-state index in [-0.39, 0.29) is 17.4 Å². The zero-order valence-electron chi connectivity index (χ0n) is 16.4. The Kier molecular flexibility index (Phi) is 5.09. The summed E-state index contributed by atoms with van der Waals surface area (Å²) in [5.41, 5.74) is 0.101. The summed E-state index contributed by atoms with van der Waals surface area (Å²) in [5.74, 6) is 0.140.